The number of carbonyl (C=O) groups excluding carboxylic acids is 1. The van der Waals surface area contributed by atoms with Crippen LogP contribution in [0.15, 0.2) is 34.9 Å². The van der Waals surface area contributed by atoms with E-state index < -0.39 is 0 Å². The molecule has 76 valence electrons. The summed E-state index contributed by atoms with van der Waals surface area (Å²) in [6, 6.07) is 7.86. The van der Waals surface area contributed by atoms with Gasteiger partial charge < -0.3 is 0 Å². The number of carbonyl (C=O) groups is 1. The first-order chi connectivity index (χ1) is 7.29. The van der Waals surface area contributed by atoms with E-state index in [1.54, 1.807) is 10.9 Å². The van der Waals surface area contributed by atoms with Gasteiger partial charge in [0, 0.05) is 4.47 Å². The fourth-order valence-electron chi connectivity index (χ4n) is 1.25. The van der Waals surface area contributed by atoms with Crippen molar-refractivity contribution in [3.8, 4) is 0 Å². The molecule has 0 aliphatic heterocycles. The van der Waals surface area contributed by atoms with Gasteiger partial charge in [-0.05, 0) is 11.6 Å². The second-order valence-electron chi connectivity index (χ2n) is 3.05. The quantitative estimate of drug-likeness (QED) is 0.797. The number of rotatable bonds is 3. The molecule has 2 aromatic rings. The molecule has 0 amide bonds. The van der Waals surface area contributed by atoms with Gasteiger partial charge in [-0.25, -0.2) is 4.68 Å². The molecule has 1 aromatic carbocycles. The van der Waals surface area contributed by atoms with Crippen LogP contribution in [0.1, 0.15) is 16.1 Å². The first-order valence-corrected chi connectivity index (χ1v) is 5.17. The highest BCUT2D eigenvalue weighted by atomic mass is 79.9. The molecule has 0 saturated heterocycles. The van der Waals surface area contributed by atoms with E-state index in [1.165, 1.54) is 0 Å². The molecule has 0 spiro atoms. The van der Waals surface area contributed by atoms with E-state index in [9.17, 15) is 4.79 Å². The predicted molar refractivity (Wildman–Crippen MR) is 58.7 cm³/mol. The highest BCUT2D eigenvalue weighted by molar-refractivity contribution is 9.10. The second kappa shape index (κ2) is 4.35. The van der Waals surface area contributed by atoms with Gasteiger partial charge in [0.1, 0.15) is 5.69 Å². The molecule has 1 aromatic heterocycles. The first-order valence-electron chi connectivity index (χ1n) is 4.38. The van der Waals surface area contributed by atoms with E-state index in [4.69, 9.17) is 0 Å². The SMILES string of the molecule is O=Cc1cn(Cc2ccccc2Br)nn1. The summed E-state index contributed by atoms with van der Waals surface area (Å²) >= 11 is 3.45. The normalized spacial score (nSPS) is 10.2. The Hall–Kier alpha value is -1.49. The number of hydrogen-bond acceptors (Lipinski definition) is 3. The Balaban J connectivity index is 2.22. The Morgan fingerprint density at radius 1 is 1.40 bits per heavy atom. The zero-order chi connectivity index (χ0) is 10.7. The third kappa shape index (κ3) is 2.30. The molecule has 0 saturated carbocycles. The Morgan fingerprint density at radius 3 is 2.87 bits per heavy atom. The van der Waals surface area contributed by atoms with Crippen molar-refractivity contribution in [2.45, 2.75) is 6.54 Å². The van der Waals surface area contributed by atoms with Crippen molar-refractivity contribution in [1.29, 1.82) is 0 Å². The van der Waals surface area contributed by atoms with Crippen molar-refractivity contribution in [2.75, 3.05) is 0 Å². The monoisotopic (exact) mass is 265 g/mol. The Bertz CT molecular complexity index is 481. The molecule has 0 aliphatic rings. The third-order valence-corrected chi connectivity index (χ3v) is 2.74. The molecule has 0 radical (unpaired) electrons. The van der Waals surface area contributed by atoms with Gasteiger partial charge in [0.25, 0.3) is 0 Å². The van der Waals surface area contributed by atoms with E-state index in [1.807, 2.05) is 24.3 Å². The fraction of sp³-hybridized carbons (Fsp3) is 0.100. The van der Waals surface area contributed by atoms with E-state index in [-0.39, 0.29) is 0 Å². The van der Waals surface area contributed by atoms with E-state index >= 15 is 0 Å². The molecule has 0 N–H and O–H groups in total. The largest absolute Gasteiger partial charge is 0.296 e. The molecule has 1 heterocycles. The maximum atomic E-state index is 10.4. The molecule has 2 rings (SSSR count). The molecular weight excluding hydrogens is 258 g/mol. The van der Waals surface area contributed by atoms with Crippen LogP contribution in [-0.4, -0.2) is 21.3 Å². The molecule has 15 heavy (non-hydrogen) atoms. The average molecular weight is 266 g/mol. The van der Waals surface area contributed by atoms with Gasteiger partial charge in [0.2, 0.25) is 0 Å². The van der Waals surface area contributed by atoms with Crippen molar-refractivity contribution in [1.82, 2.24) is 15.0 Å². The highest BCUT2D eigenvalue weighted by Gasteiger charge is 2.02. The number of hydrogen-bond donors (Lipinski definition) is 0. The van der Waals surface area contributed by atoms with Crippen molar-refractivity contribution < 1.29 is 4.79 Å². The summed E-state index contributed by atoms with van der Waals surface area (Å²) in [6.45, 7) is 0.599. The van der Waals surface area contributed by atoms with Gasteiger partial charge in [0.05, 0.1) is 12.7 Å². The summed E-state index contributed by atoms with van der Waals surface area (Å²) in [5.74, 6) is 0. The lowest BCUT2D eigenvalue weighted by atomic mass is 10.2. The molecule has 0 aliphatic carbocycles. The van der Waals surface area contributed by atoms with E-state index in [0.717, 1.165) is 10.0 Å². The summed E-state index contributed by atoms with van der Waals surface area (Å²) in [7, 11) is 0. The summed E-state index contributed by atoms with van der Waals surface area (Å²) in [4.78, 5) is 10.4. The zero-order valence-electron chi connectivity index (χ0n) is 7.80. The summed E-state index contributed by atoms with van der Waals surface area (Å²) < 4.78 is 2.65. The van der Waals surface area contributed by atoms with Crippen LogP contribution >= 0.6 is 15.9 Å². The predicted octanol–water partition coefficient (Wildman–Crippen LogP) is 1.90. The second-order valence-corrected chi connectivity index (χ2v) is 3.90. The maximum absolute atomic E-state index is 10.4. The van der Waals surface area contributed by atoms with Crippen LogP contribution in [0.4, 0.5) is 0 Å². The van der Waals surface area contributed by atoms with Gasteiger partial charge in [-0.15, -0.1) is 5.10 Å². The topological polar surface area (TPSA) is 47.8 Å². The van der Waals surface area contributed by atoms with Gasteiger partial charge in [-0.3, -0.25) is 4.79 Å². The number of benzene rings is 1. The van der Waals surface area contributed by atoms with Crippen LogP contribution < -0.4 is 0 Å². The van der Waals surface area contributed by atoms with Gasteiger partial charge >= 0.3 is 0 Å². The minimum Gasteiger partial charge on any atom is -0.296 e. The van der Waals surface area contributed by atoms with E-state index in [0.29, 0.717) is 18.5 Å². The van der Waals surface area contributed by atoms with Gasteiger partial charge in [-0.1, -0.05) is 39.3 Å². The molecule has 0 unspecified atom stereocenters. The lowest BCUT2D eigenvalue weighted by molar-refractivity contribution is 0.111. The third-order valence-electron chi connectivity index (χ3n) is 1.97. The molecule has 4 nitrogen and oxygen atoms in total. The average Bonchev–Trinajstić information content (AvgIpc) is 2.69. The molecule has 0 bridgehead atoms. The standard InChI is InChI=1S/C10H8BrN3O/c11-10-4-2-1-3-8(10)5-14-6-9(7-15)12-13-14/h1-4,6-7H,5H2. The minimum absolute atomic E-state index is 0.349. The van der Waals surface area contributed by atoms with Crippen LogP contribution in [0.3, 0.4) is 0 Å². The van der Waals surface area contributed by atoms with Gasteiger partial charge in [-0.2, -0.15) is 0 Å². The van der Waals surface area contributed by atoms with Crippen molar-refractivity contribution in [3.63, 3.8) is 0 Å². The molecular formula is C10H8BrN3O. The Labute approximate surface area is 95.0 Å². The van der Waals surface area contributed by atoms with Crippen molar-refractivity contribution in [3.05, 3.63) is 46.2 Å². The highest BCUT2D eigenvalue weighted by Crippen LogP contribution is 2.16. The summed E-state index contributed by atoms with van der Waals surface area (Å²) in [6.07, 6.45) is 2.30. The van der Waals surface area contributed by atoms with E-state index in [2.05, 4.69) is 26.2 Å². The van der Waals surface area contributed by atoms with Crippen LogP contribution in [0.25, 0.3) is 0 Å². The number of aldehydes is 1. The number of aromatic nitrogens is 3. The summed E-state index contributed by atoms with van der Waals surface area (Å²) in [5, 5.41) is 7.53. The number of halogens is 1. The van der Waals surface area contributed by atoms with Crippen molar-refractivity contribution in [2.24, 2.45) is 0 Å². The molecule has 5 heteroatoms. The smallest absolute Gasteiger partial charge is 0.171 e. The van der Waals surface area contributed by atoms with Gasteiger partial charge in [0.15, 0.2) is 6.29 Å². The fourth-order valence-corrected chi connectivity index (χ4v) is 1.66. The Morgan fingerprint density at radius 2 is 2.20 bits per heavy atom. The van der Waals surface area contributed by atoms with Crippen LogP contribution in [-0.2, 0) is 6.54 Å². The molecule has 0 fully saturated rings. The minimum atomic E-state index is 0.349. The Kier molecular flexibility index (Phi) is 2.91. The summed E-state index contributed by atoms with van der Waals surface area (Å²) in [5.41, 5.74) is 1.45. The lowest BCUT2D eigenvalue weighted by Crippen LogP contribution is -2.00. The first kappa shape index (κ1) is 10.0. The lowest BCUT2D eigenvalue weighted by Gasteiger charge is -2.02. The zero-order valence-corrected chi connectivity index (χ0v) is 9.39. The maximum Gasteiger partial charge on any atom is 0.171 e. The van der Waals surface area contributed by atoms with Crippen LogP contribution in [0, 0.1) is 0 Å². The van der Waals surface area contributed by atoms with Crippen molar-refractivity contribution >= 4 is 22.2 Å². The van der Waals surface area contributed by atoms with Crippen LogP contribution in [0.2, 0.25) is 0 Å². The molecule has 0 atom stereocenters. The van der Waals surface area contributed by atoms with Crippen LogP contribution in [0.5, 0.6) is 0 Å². The number of nitrogens with zero attached hydrogens (tertiary/aromatic N) is 3.